The summed E-state index contributed by atoms with van der Waals surface area (Å²) < 4.78 is 4.59. The number of hydrogen-bond donors (Lipinski definition) is 2. The van der Waals surface area contributed by atoms with Crippen LogP contribution in [0, 0.1) is 0 Å². The topological polar surface area (TPSA) is 79.0 Å². The number of likely N-dealkylation sites (N-methyl/N-ethyl adjacent to an activating group) is 1. The maximum atomic E-state index is 11.4. The summed E-state index contributed by atoms with van der Waals surface area (Å²) in [5.41, 5.74) is 4.24. The van der Waals surface area contributed by atoms with Gasteiger partial charge in [0.25, 0.3) is 0 Å². The third-order valence-corrected chi connectivity index (χ3v) is 3.22. The predicted molar refractivity (Wildman–Crippen MR) is 64.6 cm³/mol. The summed E-state index contributed by atoms with van der Waals surface area (Å²) in [4.78, 5) is 15.7. The van der Waals surface area contributed by atoms with Crippen LogP contribution in [0.1, 0.15) is 6.92 Å². The number of esters is 1. The Bertz CT molecular complexity index is 271. The maximum Gasteiger partial charge on any atom is 0.338 e. The van der Waals surface area contributed by atoms with Crippen molar-refractivity contribution in [3.63, 3.8) is 0 Å². The predicted octanol–water partition coefficient (Wildman–Crippen LogP) is -1.51. The highest BCUT2D eigenvalue weighted by atomic mass is 16.5. The van der Waals surface area contributed by atoms with Gasteiger partial charge in [0.1, 0.15) is 0 Å². The summed E-state index contributed by atoms with van der Waals surface area (Å²) >= 11 is 0. The molecule has 2 unspecified atom stereocenters. The van der Waals surface area contributed by atoms with Crippen molar-refractivity contribution in [3.8, 4) is 0 Å². The van der Waals surface area contributed by atoms with Crippen LogP contribution in [0.25, 0.3) is 0 Å². The molecular formula is C11H23N3O3. The van der Waals surface area contributed by atoms with Gasteiger partial charge in [0.05, 0.1) is 7.11 Å². The third kappa shape index (κ3) is 3.64. The summed E-state index contributed by atoms with van der Waals surface area (Å²) in [6, 6.07) is 0.171. The van der Waals surface area contributed by atoms with Gasteiger partial charge in [-0.15, -0.1) is 0 Å². The average Bonchev–Trinajstić information content (AvgIpc) is 2.30. The van der Waals surface area contributed by atoms with Gasteiger partial charge in [-0.25, -0.2) is 4.79 Å². The highest BCUT2D eigenvalue weighted by molar-refractivity contribution is 5.78. The third-order valence-electron chi connectivity index (χ3n) is 3.22. The van der Waals surface area contributed by atoms with Gasteiger partial charge in [-0.05, 0) is 14.0 Å². The minimum atomic E-state index is -1.47. The molecule has 0 aromatic heterocycles. The van der Waals surface area contributed by atoms with Crippen LogP contribution in [-0.2, 0) is 9.53 Å². The summed E-state index contributed by atoms with van der Waals surface area (Å²) in [6.07, 6.45) is 0. The number of methoxy groups -OCH3 is 1. The first-order chi connectivity index (χ1) is 7.90. The van der Waals surface area contributed by atoms with Gasteiger partial charge in [-0.2, -0.15) is 0 Å². The number of β-amino-alcohol motifs (C(OH)–C–C–N with tert-alkyl or cyclic N) is 1. The number of piperazine rings is 1. The zero-order valence-corrected chi connectivity index (χ0v) is 10.8. The van der Waals surface area contributed by atoms with E-state index < -0.39 is 11.6 Å². The lowest BCUT2D eigenvalue weighted by Gasteiger charge is -2.41. The fourth-order valence-electron chi connectivity index (χ4n) is 2.16. The van der Waals surface area contributed by atoms with E-state index >= 15 is 0 Å². The van der Waals surface area contributed by atoms with Crippen molar-refractivity contribution in [1.82, 2.24) is 9.80 Å². The van der Waals surface area contributed by atoms with Crippen molar-refractivity contribution >= 4 is 5.97 Å². The van der Waals surface area contributed by atoms with Gasteiger partial charge in [-0.1, -0.05) is 0 Å². The molecule has 0 bridgehead atoms. The molecule has 3 N–H and O–H groups in total. The summed E-state index contributed by atoms with van der Waals surface area (Å²) in [5, 5.41) is 10.0. The monoisotopic (exact) mass is 245 g/mol. The second kappa shape index (κ2) is 5.77. The van der Waals surface area contributed by atoms with E-state index in [1.165, 1.54) is 14.0 Å². The zero-order chi connectivity index (χ0) is 13.1. The number of hydrogen-bond acceptors (Lipinski definition) is 6. The van der Waals surface area contributed by atoms with Crippen LogP contribution < -0.4 is 5.73 Å². The molecule has 1 fully saturated rings. The normalized spacial score (nSPS) is 26.5. The molecule has 100 valence electrons. The van der Waals surface area contributed by atoms with Gasteiger partial charge in [0.2, 0.25) is 0 Å². The molecular weight excluding hydrogens is 222 g/mol. The Morgan fingerprint density at radius 1 is 1.59 bits per heavy atom. The second-order valence-corrected chi connectivity index (χ2v) is 4.89. The molecule has 17 heavy (non-hydrogen) atoms. The van der Waals surface area contributed by atoms with E-state index in [9.17, 15) is 9.90 Å². The van der Waals surface area contributed by atoms with Crippen LogP contribution in [0.5, 0.6) is 0 Å². The molecule has 1 rings (SSSR count). The first-order valence-electron chi connectivity index (χ1n) is 5.84. The van der Waals surface area contributed by atoms with E-state index in [0.717, 1.165) is 19.6 Å². The van der Waals surface area contributed by atoms with E-state index in [4.69, 9.17) is 5.73 Å². The molecule has 1 saturated heterocycles. The van der Waals surface area contributed by atoms with E-state index in [1.54, 1.807) is 0 Å². The van der Waals surface area contributed by atoms with Gasteiger partial charge < -0.3 is 20.5 Å². The first-order valence-corrected chi connectivity index (χ1v) is 5.84. The SMILES string of the molecule is COC(=O)C(C)(O)CN1CCN(C)CC1CN. The van der Waals surface area contributed by atoms with Crippen molar-refractivity contribution in [2.45, 2.75) is 18.6 Å². The number of nitrogens with zero attached hydrogens (tertiary/aromatic N) is 2. The fraction of sp³-hybridized carbons (Fsp3) is 0.909. The first kappa shape index (κ1) is 14.4. The molecule has 0 aliphatic carbocycles. The number of aliphatic hydroxyl groups is 1. The summed E-state index contributed by atoms with van der Waals surface area (Å²) in [7, 11) is 3.32. The molecule has 1 heterocycles. The molecule has 6 heteroatoms. The fourth-order valence-corrected chi connectivity index (χ4v) is 2.16. The molecule has 0 radical (unpaired) electrons. The molecule has 0 saturated carbocycles. The Hall–Kier alpha value is -0.690. The Balaban J connectivity index is 2.63. The lowest BCUT2D eigenvalue weighted by atomic mass is 10.0. The second-order valence-electron chi connectivity index (χ2n) is 4.89. The van der Waals surface area contributed by atoms with Crippen molar-refractivity contribution in [2.24, 2.45) is 5.73 Å². The molecule has 1 aliphatic heterocycles. The standard InChI is InChI=1S/C11H23N3O3/c1-11(16,10(15)17-3)8-14-5-4-13(2)7-9(14)6-12/h9,16H,4-8,12H2,1-3H3. The number of carbonyl (C=O) groups excluding carboxylic acids is 1. The van der Waals surface area contributed by atoms with Gasteiger partial charge >= 0.3 is 5.97 Å². The van der Waals surface area contributed by atoms with Crippen molar-refractivity contribution in [2.75, 3.05) is 46.9 Å². The van der Waals surface area contributed by atoms with E-state index in [1.807, 2.05) is 7.05 Å². The van der Waals surface area contributed by atoms with Crippen LogP contribution in [0.3, 0.4) is 0 Å². The summed E-state index contributed by atoms with van der Waals surface area (Å²) in [6.45, 7) is 4.81. The molecule has 0 aromatic rings. The van der Waals surface area contributed by atoms with Crippen LogP contribution in [-0.4, -0.2) is 79.4 Å². The Labute approximate surface area is 102 Å². The lowest BCUT2D eigenvalue weighted by molar-refractivity contribution is -0.163. The van der Waals surface area contributed by atoms with Crippen LogP contribution in [0.4, 0.5) is 0 Å². The lowest BCUT2D eigenvalue weighted by Crippen LogP contribution is -2.59. The highest BCUT2D eigenvalue weighted by Crippen LogP contribution is 2.14. The van der Waals surface area contributed by atoms with Gasteiger partial charge in [0, 0.05) is 38.8 Å². The molecule has 0 aromatic carbocycles. The molecule has 0 spiro atoms. The highest BCUT2D eigenvalue weighted by Gasteiger charge is 2.36. The smallest absolute Gasteiger partial charge is 0.338 e. The van der Waals surface area contributed by atoms with E-state index in [0.29, 0.717) is 6.54 Å². The number of carbonyl (C=O) groups is 1. The largest absolute Gasteiger partial charge is 0.467 e. The zero-order valence-electron chi connectivity index (χ0n) is 10.8. The van der Waals surface area contributed by atoms with Crippen molar-refractivity contribution < 1.29 is 14.6 Å². The van der Waals surface area contributed by atoms with Crippen LogP contribution in [0.15, 0.2) is 0 Å². The number of nitrogens with two attached hydrogens (primary N) is 1. The van der Waals surface area contributed by atoms with E-state index in [-0.39, 0.29) is 12.6 Å². The van der Waals surface area contributed by atoms with Crippen LogP contribution in [0.2, 0.25) is 0 Å². The van der Waals surface area contributed by atoms with Crippen molar-refractivity contribution in [3.05, 3.63) is 0 Å². The molecule has 0 amide bonds. The average molecular weight is 245 g/mol. The minimum Gasteiger partial charge on any atom is -0.467 e. The molecule has 1 aliphatic rings. The quantitative estimate of drug-likeness (QED) is 0.586. The van der Waals surface area contributed by atoms with Gasteiger partial charge in [0.15, 0.2) is 5.60 Å². The van der Waals surface area contributed by atoms with E-state index in [2.05, 4.69) is 14.5 Å². The number of rotatable bonds is 4. The maximum absolute atomic E-state index is 11.4. The minimum absolute atomic E-state index is 0.171. The summed E-state index contributed by atoms with van der Waals surface area (Å²) in [5.74, 6) is -0.604. The van der Waals surface area contributed by atoms with Gasteiger partial charge in [-0.3, -0.25) is 4.90 Å². The molecule has 6 nitrogen and oxygen atoms in total. The Kier molecular flexibility index (Phi) is 4.88. The van der Waals surface area contributed by atoms with Crippen molar-refractivity contribution in [1.29, 1.82) is 0 Å². The molecule has 2 atom stereocenters. The van der Waals surface area contributed by atoms with Crippen LogP contribution >= 0.6 is 0 Å². The Morgan fingerprint density at radius 2 is 2.24 bits per heavy atom. The number of ether oxygens (including phenoxy) is 1. The Morgan fingerprint density at radius 3 is 2.76 bits per heavy atom.